The highest BCUT2D eigenvalue weighted by molar-refractivity contribution is 6.33. The van der Waals surface area contributed by atoms with Gasteiger partial charge in [0.1, 0.15) is 10.3 Å². The minimum Gasteiger partial charge on any atom is -0.345 e. The second kappa shape index (κ2) is 6.95. The van der Waals surface area contributed by atoms with Crippen LogP contribution in [0.15, 0.2) is 6.07 Å². The molecule has 1 fully saturated rings. The average Bonchev–Trinajstić information content (AvgIpc) is 2.74. The lowest BCUT2D eigenvalue weighted by Crippen LogP contribution is -2.26. The van der Waals surface area contributed by atoms with E-state index in [0.29, 0.717) is 16.9 Å². The molecule has 1 aliphatic heterocycles. The molecule has 1 unspecified atom stereocenters. The van der Waals surface area contributed by atoms with Gasteiger partial charge in [0.05, 0.1) is 0 Å². The summed E-state index contributed by atoms with van der Waals surface area (Å²) in [5, 5.41) is 0.903. The Kier molecular flexibility index (Phi) is 5.47. The molecule has 0 spiro atoms. The molecule has 1 aromatic heterocycles. The zero-order valence-corrected chi connectivity index (χ0v) is 14.2. The predicted octanol–water partition coefficient (Wildman–Crippen LogP) is 3.00. The minimum absolute atomic E-state index is 0.165. The molecule has 0 radical (unpaired) electrons. The number of pyridine rings is 1. The van der Waals surface area contributed by atoms with E-state index in [4.69, 9.17) is 23.2 Å². The molecule has 21 heavy (non-hydrogen) atoms. The molecule has 2 heterocycles. The van der Waals surface area contributed by atoms with Crippen LogP contribution in [0.3, 0.4) is 0 Å². The fourth-order valence-corrected chi connectivity index (χ4v) is 3.03. The van der Waals surface area contributed by atoms with E-state index in [1.54, 1.807) is 0 Å². The average molecular weight is 330 g/mol. The smallest absolute Gasteiger partial charge is 0.225 e. The Morgan fingerprint density at radius 2 is 2.14 bits per heavy atom. The summed E-state index contributed by atoms with van der Waals surface area (Å²) in [4.78, 5) is 20.0. The van der Waals surface area contributed by atoms with Gasteiger partial charge in [-0.25, -0.2) is 4.98 Å². The monoisotopic (exact) mass is 329 g/mol. The highest BCUT2D eigenvalue weighted by atomic mass is 35.5. The number of carbonyl (C=O) groups excluding carboxylic acids is 1. The summed E-state index contributed by atoms with van der Waals surface area (Å²) in [6.07, 6.45) is 1.85. The van der Waals surface area contributed by atoms with Gasteiger partial charge < -0.3 is 9.80 Å². The molecular weight excluding hydrogens is 309 g/mol. The van der Waals surface area contributed by atoms with Gasteiger partial charge in [0.2, 0.25) is 5.91 Å². The molecular formula is C15H21Cl2N3O. The SMILES string of the molecule is Cc1cc(CN(C)CCC2CCN(C)C2=O)c(Cl)nc1Cl. The maximum absolute atomic E-state index is 11.9. The predicted molar refractivity (Wildman–Crippen MR) is 85.7 cm³/mol. The normalized spacial score (nSPS) is 18.9. The van der Waals surface area contributed by atoms with E-state index in [-0.39, 0.29) is 11.8 Å². The number of carbonyl (C=O) groups is 1. The molecule has 0 N–H and O–H groups in total. The van der Waals surface area contributed by atoms with Crippen molar-refractivity contribution in [2.24, 2.45) is 5.92 Å². The van der Waals surface area contributed by atoms with Gasteiger partial charge in [0, 0.05) is 31.6 Å². The van der Waals surface area contributed by atoms with E-state index in [1.165, 1.54) is 0 Å². The number of aromatic nitrogens is 1. The number of amides is 1. The van der Waals surface area contributed by atoms with Gasteiger partial charge in [-0.1, -0.05) is 23.2 Å². The number of nitrogens with zero attached hydrogens (tertiary/aromatic N) is 3. The number of halogens is 2. The minimum atomic E-state index is 0.165. The van der Waals surface area contributed by atoms with E-state index in [0.717, 1.165) is 37.1 Å². The summed E-state index contributed by atoms with van der Waals surface area (Å²) in [7, 11) is 3.90. The van der Waals surface area contributed by atoms with Crippen LogP contribution in [0.25, 0.3) is 0 Å². The van der Waals surface area contributed by atoms with Crippen LogP contribution in [0, 0.1) is 12.8 Å². The Hall–Kier alpha value is -0.840. The summed E-state index contributed by atoms with van der Waals surface area (Å²) in [6, 6.07) is 1.97. The van der Waals surface area contributed by atoms with Crippen LogP contribution >= 0.6 is 23.2 Å². The van der Waals surface area contributed by atoms with Crippen molar-refractivity contribution >= 4 is 29.1 Å². The first-order chi connectivity index (χ1) is 9.88. The van der Waals surface area contributed by atoms with Crippen molar-refractivity contribution in [1.82, 2.24) is 14.8 Å². The molecule has 1 amide bonds. The summed E-state index contributed by atoms with van der Waals surface area (Å²) in [5.74, 6) is 0.434. The summed E-state index contributed by atoms with van der Waals surface area (Å²) >= 11 is 12.1. The van der Waals surface area contributed by atoms with Gasteiger partial charge >= 0.3 is 0 Å². The third-order valence-electron chi connectivity index (χ3n) is 4.02. The van der Waals surface area contributed by atoms with Crippen LogP contribution in [-0.4, -0.2) is 47.9 Å². The Bertz CT molecular complexity index is 536. The number of aryl methyl sites for hydroxylation is 1. The lowest BCUT2D eigenvalue weighted by Gasteiger charge is -2.19. The molecule has 4 nitrogen and oxygen atoms in total. The Balaban J connectivity index is 1.89. The topological polar surface area (TPSA) is 36.4 Å². The van der Waals surface area contributed by atoms with Crippen molar-refractivity contribution in [3.63, 3.8) is 0 Å². The molecule has 116 valence electrons. The van der Waals surface area contributed by atoms with Crippen molar-refractivity contribution in [2.45, 2.75) is 26.3 Å². The Morgan fingerprint density at radius 1 is 1.43 bits per heavy atom. The first-order valence-corrected chi connectivity index (χ1v) is 7.89. The lowest BCUT2D eigenvalue weighted by molar-refractivity contribution is -0.130. The Labute approximate surface area is 136 Å². The molecule has 0 aliphatic carbocycles. The van der Waals surface area contributed by atoms with Gasteiger partial charge in [-0.15, -0.1) is 0 Å². The molecule has 6 heteroatoms. The Morgan fingerprint density at radius 3 is 2.76 bits per heavy atom. The number of likely N-dealkylation sites (tertiary alicyclic amines) is 1. The molecule has 2 rings (SSSR count). The van der Waals surface area contributed by atoms with Gasteiger partial charge in [0.15, 0.2) is 0 Å². The van der Waals surface area contributed by atoms with Crippen molar-refractivity contribution < 1.29 is 4.79 Å². The van der Waals surface area contributed by atoms with Gasteiger partial charge in [-0.05, 0) is 45.0 Å². The van der Waals surface area contributed by atoms with Crippen LogP contribution in [-0.2, 0) is 11.3 Å². The summed E-state index contributed by atoms with van der Waals surface area (Å²) in [6.45, 7) is 4.37. The van der Waals surface area contributed by atoms with Gasteiger partial charge in [-0.2, -0.15) is 0 Å². The maximum Gasteiger partial charge on any atom is 0.225 e. The first kappa shape index (κ1) is 16.5. The highest BCUT2D eigenvalue weighted by Gasteiger charge is 2.28. The molecule has 0 bridgehead atoms. The van der Waals surface area contributed by atoms with Gasteiger partial charge in [-0.3, -0.25) is 4.79 Å². The molecule has 0 aromatic carbocycles. The zero-order valence-electron chi connectivity index (χ0n) is 12.7. The van der Waals surface area contributed by atoms with Gasteiger partial charge in [0.25, 0.3) is 0 Å². The van der Waals surface area contributed by atoms with E-state index >= 15 is 0 Å². The quantitative estimate of drug-likeness (QED) is 0.779. The van der Waals surface area contributed by atoms with E-state index in [9.17, 15) is 4.79 Å². The third-order valence-corrected chi connectivity index (χ3v) is 4.73. The largest absolute Gasteiger partial charge is 0.345 e. The maximum atomic E-state index is 11.9. The van der Waals surface area contributed by atoms with Crippen LogP contribution in [0.2, 0.25) is 10.3 Å². The van der Waals surface area contributed by atoms with Crippen molar-refractivity contribution in [2.75, 3.05) is 27.2 Å². The number of rotatable bonds is 5. The van der Waals surface area contributed by atoms with Crippen molar-refractivity contribution in [1.29, 1.82) is 0 Å². The molecule has 1 aromatic rings. The second-order valence-corrected chi connectivity index (χ2v) is 6.53. The van der Waals surface area contributed by atoms with E-state index < -0.39 is 0 Å². The number of hydrogen-bond donors (Lipinski definition) is 0. The molecule has 1 saturated heterocycles. The standard InChI is InChI=1S/C15H21Cl2N3O/c1-10-8-12(14(17)18-13(10)16)9-19(2)6-4-11-5-7-20(3)15(11)21/h8,11H,4-7,9H2,1-3H3. The van der Waals surface area contributed by atoms with Crippen LogP contribution in [0.4, 0.5) is 0 Å². The number of hydrogen-bond acceptors (Lipinski definition) is 3. The molecule has 1 atom stereocenters. The van der Waals surface area contributed by atoms with E-state index in [1.807, 2.05) is 32.0 Å². The highest BCUT2D eigenvalue weighted by Crippen LogP contribution is 2.23. The first-order valence-electron chi connectivity index (χ1n) is 7.13. The van der Waals surface area contributed by atoms with Crippen LogP contribution in [0.1, 0.15) is 24.0 Å². The fourth-order valence-electron chi connectivity index (χ4n) is 2.65. The molecule has 0 saturated carbocycles. The zero-order chi connectivity index (χ0) is 15.6. The van der Waals surface area contributed by atoms with Crippen molar-refractivity contribution in [3.8, 4) is 0 Å². The summed E-state index contributed by atoms with van der Waals surface area (Å²) < 4.78 is 0. The fraction of sp³-hybridized carbons (Fsp3) is 0.600. The van der Waals surface area contributed by atoms with Crippen LogP contribution in [0.5, 0.6) is 0 Å². The van der Waals surface area contributed by atoms with Crippen molar-refractivity contribution in [3.05, 3.63) is 27.5 Å². The second-order valence-electron chi connectivity index (χ2n) is 5.82. The van der Waals surface area contributed by atoms with Crippen LogP contribution < -0.4 is 0 Å². The molecule has 1 aliphatic rings. The third kappa shape index (κ3) is 4.09. The van der Waals surface area contributed by atoms with E-state index in [2.05, 4.69) is 9.88 Å². The summed E-state index contributed by atoms with van der Waals surface area (Å²) in [5.41, 5.74) is 1.90. The lowest BCUT2D eigenvalue weighted by atomic mass is 10.0.